The zero-order valence-corrected chi connectivity index (χ0v) is 12.4. The molecule has 1 aromatic carbocycles. The Bertz CT molecular complexity index is 490. The van der Waals surface area contributed by atoms with Crippen molar-refractivity contribution >= 4 is 27.7 Å². The maximum absolute atomic E-state index is 12.6. The average Bonchev–Trinajstić information content (AvgIpc) is 2.46. The standard InChI is InChI=1S/C14H17BrN2O2/c1-16-13(18)12-8-4-5-9-17(12)14(19)10-6-2-3-7-11(10)15/h2-3,6-7,12H,4-5,8-9H2,1H3,(H,16,18). The molecule has 0 radical (unpaired) electrons. The normalized spacial score (nSPS) is 19.1. The summed E-state index contributed by atoms with van der Waals surface area (Å²) in [4.78, 5) is 26.1. The molecule has 0 bridgehead atoms. The molecule has 1 unspecified atom stereocenters. The fraction of sp³-hybridized carbons (Fsp3) is 0.429. The molecule has 0 spiro atoms. The molecule has 4 nitrogen and oxygen atoms in total. The predicted molar refractivity (Wildman–Crippen MR) is 76.9 cm³/mol. The van der Waals surface area contributed by atoms with Crippen LogP contribution in [-0.4, -0.2) is 36.3 Å². The Morgan fingerprint density at radius 2 is 2.05 bits per heavy atom. The molecule has 1 aromatic rings. The second-order valence-electron chi connectivity index (χ2n) is 4.60. The highest BCUT2D eigenvalue weighted by Crippen LogP contribution is 2.23. The first-order valence-electron chi connectivity index (χ1n) is 6.42. The Kier molecular flexibility index (Phi) is 4.58. The molecule has 19 heavy (non-hydrogen) atoms. The van der Waals surface area contributed by atoms with Gasteiger partial charge in [0.25, 0.3) is 5.91 Å². The Morgan fingerprint density at radius 1 is 1.32 bits per heavy atom. The molecule has 1 aliphatic heterocycles. The summed E-state index contributed by atoms with van der Waals surface area (Å²) in [7, 11) is 1.61. The van der Waals surface area contributed by atoms with E-state index in [1.807, 2.05) is 18.2 Å². The lowest BCUT2D eigenvalue weighted by Gasteiger charge is -2.34. The third kappa shape index (κ3) is 2.97. The number of carbonyl (C=O) groups excluding carboxylic acids is 2. The van der Waals surface area contributed by atoms with Crippen molar-refractivity contribution in [2.24, 2.45) is 0 Å². The van der Waals surface area contributed by atoms with E-state index < -0.39 is 0 Å². The average molecular weight is 325 g/mol. The number of hydrogen-bond acceptors (Lipinski definition) is 2. The number of likely N-dealkylation sites (N-methyl/N-ethyl adjacent to an activating group) is 1. The summed E-state index contributed by atoms with van der Waals surface area (Å²) in [6.07, 6.45) is 2.66. The minimum atomic E-state index is -0.349. The van der Waals surface area contributed by atoms with Gasteiger partial charge < -0.3 is 10.2 Å². The van der Waals surface area contributed by atoms with Gasteiger partial charge >= 0.3 is 0 Å². The van der Waals surface area contributed by atoms with E-state index >= 15 is 0 Å². The van der Waals surface area contributed by atoms with Crippen LogP contribution in [0.1, 0.15) is 29.6 Å². The van der Waals surface area contributed by atoms with Crippen molar-refractivity contribution < 1.29 is 9.59 Å². The SMILES string of the molecule is CNC(=O)C1CCCCN1C(=O)c1ccccc1Br. The predicted octanol–water partition coefficient (Wildman–Crippen LogP) is 2.19. The zero-order valence-electron chi connectivity index (χ0n) is 10.9. The van der Waals surface area contributed by atoms with E-state index in [1.54, 1.807) is 18.0 Å². The van der Waals surface area contributed by atoms with Gasteiger partial charge in [-0.3, -0.25) is 9.59 Å². The highest BCUT2D eigenvalue weighted by atomic mass is 79.9. The van der Waals surface area contributed by atoms with Crippen LogP contribution < -0.4 is 5.32 Å². The second kappa shape index (κ2) is 6.19. The molecule has 1 N–H and O–H groups in total. The Balaban J connectivity index is 2.25. The molecule has 1 saturated heterocycles. The van der Waals surface area contributed by atoms with Gasteiger partial charge in [-0.05, 0) is 47.3 Å². The van der Waals surface area contributed by atoms with Gasteiger partial charge in [-0.2, -0.15) is 0 Å². The molecule has 5 heteroatoms. The molecule has 0 aliphatic carbocycles. The van der Waals surface area contributed by atoms with Gasteiger partial charge in [0.05, 0.1) is 5.56 Å². The monoisotopic (exact) mass is 324 g/mol. The van der Waals surface area contributed by atoms with Crippen LogP contribution in [0.4, 0.5) is 0 Å². The van der Waals surface area contributed by atoms with Gasteiger partial charge in [0, 0.05) is 18.1 Å². The van der Waals surface area contributed by atoms with Crippen LogP contribution in [0, 0.1) is 0 Å². The molecule has 1 atom stereocenters. The first kappa shape index (κ1) is 14.1. The number of hydrogen-bond donors (Lipinski definition) is 1. The molecule has 2 amide bonds. The molecule has 1 fully saturated rings. The molecular formula is C14H17BrN2O2. The number of benzene rings is 1. The number of amides is 2. The zero-order chi connectivity index (χ0) is 13.8. The molecule has 0 aromatic heterocycles. The maximum Gasteiger partial charge on any atom is 0.255 e. The highest BCUT2D eigenvalue weighted by molar-refractivity contribution is 9.10. The summed E-state index contributed by atoms with van der Waals surface area (Å²) in [6, 6.07) is 6.97. The van der Waals surface area contributed by atoms with Crippen molar-refractivity contribution in [3.8, 4) is 0 Å². The number of likely N-dealkylation sites (tertiary alicyclic amines) is 1. The minimum absolute atomic E-state index is 0.0826. The first-order valence-corrected chi connectivity index (χ1v) is 7.21. The van der Waals surface area contributed by atoms with E-state index in [2.05, 4.69) is 21.2 Å². The third-order valence-corrected chi connectivity index (χ3v) is 4.11. The van der Waals surface area contributed by atoms with Gasteiger partial charge in [-0.1, -0.05) is 12.1 Å². The van der Waals surface area contributed by atoms with Crippen LogP contribution in [0.15, 0.2) is 28.7 Å². The van der Waals surface area contributed by atoms with Gasteiger partial charge in [-0.15, -0.1) is 0 Å². The van der Waals surface area contributed by atoms with E-state index in [0.29, 0.717) is 12.1 Å². The Labute approximate surface area is 121 Å². The lowest BCUT2D eigenvalue weighted by Crippen LogP contribution is -2.51. The summed E-state index contributed by atoms with van der Waals surface area (Å²) < 4.78 is 0.765. The maximum atomic E-state index is 12.6. The lowest BCUT2D eigenvalue weighted by molar-refractivity contribution is -0.126. The highest BCUT2D eigenvalue weighted by Gasteiger charge is 2.32. The smallest absolute Gasteiger partial charge is 0.255 e. The number of carbonyl (C=O) groups is 2. The Hall–Kier alpha value is -1.36. The number of halogens is 1. The van der Waals surface area contributed by atoms with Gasteiger partial charge in [0.2, 0.25) is 5.91 Å². The fourth-order valence-electron chi connectivity index (χ4n) is 2.40. The summed E-state index contributed by atoms with van der Waals surface area (Å²) in [5, 5.41) is 2.64. The number of rotatable bonds is 2. The second-order valence-corrected chi connectivity index (χ2v) is 5.46. The van der Waals surface area contributed by atoms with Gasteiger partial charge in [-0.25, -0.2) is 0 Å². The topological polar surface area (TPSA) is 49.4 Å². The molecule has 1 aliphatic rings. The Morgan fingerprint density at radius 3 is 2.74 bits per heavy atom. The quantitative estimate of drug-likeness (QED) is 0.906. The summed E-state index contributed by atoms with van der Waals surface area (Å²) in [6.45, 7) is 0.637. The van der Waals surface area contributed by atoms with Crippen molar-refractivity contribution in [2.75, 3.05) is 13.6 Å². The van der Waals surface area contributed by atoms with E-state index in [4.69, 9.17) is 0 Å². The van der Waals surface area contributed by atoms with Crippen LogP contribution in [-0.2, 0) is 4.79 Å². The molecule has 0 saturated carbocycles. The van der Waals surface area contributed by atoms with Crippen molar-refractivity contribution in [1.29, 1.82) is 0 Å². The number of nitrogens with one attached hydrogen (secondary N) is 1. The summed E-state index contributed by atoms with van der Waals surface area (Å²) in [5.74, 6) is -0.166. The van der Waals surface area contributed by atoms with Gasteiger partial charge in [0.1, 0.15) is 6.04 Å². The van der Waals surface area contributed by atoms with Crippen molar-refractivity contribution in [3.63, 3.8) is 0 Å². The van der Waals surface area contributed by atoms with Crippen LogP contribution in [0.2, 0.25) is 0 Å². The summed E-state index contributed by atoms with van der Waals surface area (Å²) >= 11 is 3.39. The van der Waals surface area contributed by atoms with E-state index in [0.717, 1.165) is 23.7 Å². The summed E-state index contributed by atoms with van der Waals surface area (Å²) in [5.41, 5.74) is 0.610. The third-order valence-electron chi connectivity index (χ3n) is 3.42. The van der Waals surface area contributed by atoms with E-state index in [9.17, 15) is 9.59 Å². The first-order chi connectivity index (χ1) is 9.15. The largest absolute Gasteiger partial charge is 0.357 e. The van der Waals surface area contributed by atoms with Crippen molar-refractivity contribution in [2.45, 2.75) is 25.3 Å². The lowest BCUT2D eigenvalue weighted by atomic mass is 10.00. The number of nitrogens with zero attached hydrogens (tertiary/aromatic N) is 1. The molecule has 2 rings (SSSR count). The van der Waals surface area contributed by atoms with Crippen LogP contribution in [0.25, 0.3) is 0 Å². The molecule has 102 valence electrons. The minimum Gasteiger partial charge on any atom is -0.357 e. The van der Waals surface area contributed by atoms with E-state index in [-0.39, 0.29) is 17.9 Å². The fourth-order valence-corrected chi connectivity index (χ4v) is 2.86. The van der Waals surface area contributed by atoms with Crippen LogP contribution in [0.3, 0.4) is 0 Å². The van der Waals surface area contributed by atoms with Crippen LogP contribution >= 0.6 is 15.9 Å². The van der Waals surface area contributed by atoms with Crippen LogP contribution in [0.5, 0.6) is 0 Å². The molecule has 1 heterocycles. The van der Waals surface area contributed by atoms with Crippen molar-refractivity contribution in [1.82, 2.24) is 10.2 Å². The molecular weight excluding hydrogens is 308 g/mol. The number of piperidine rings is 1. The van der Waals surface area contributed by atoms with Gasteiger partial charge in [0.15, 0.2) is 0 Å². The van der Waals surface area contributed by atoms with E-state index in [1.165, 1.54) is 0 Å². The van der Waals surface area contributed by atoms with Crippen molar-refractivity contribution in [3.05, 3.63) is 34.3 Å².